The topological polar surface area (TPSA) is 59.1 Å². The Hall–Kier alpha value is -1.46. The second-order valence-corrected chi connectivity index (χ2v) is 5.68. The monoisotopic (exact) mass is 256 g/mol. The normalized spacial score (nSPS) is 24.4. The van der Waals surface area contributed by atoms with Crippen LogP contribution in [-0.4, -0.2) is 59.9 Å². The van der Waals surface area contributed by atoms with Crippen molar-refractivity contribution >= 4 is 12.2 Å². The summed E-state index contributed by atoms with van der Waals surface area (Å²) in [6, 6.07) is 0.0625. The van der Waals surface area contributed by atoms with Gasteiger partial charge in [-0.15, -0.1) is 0 Å². The van der Waals surface area contributed by atoms with Crippen molar-refractivity contribution in [2.45, 2.75) is 38.8 Å². The molecule has 0 radical (unpaired) electrons. The van der Waals surface area contributed by atoms with Gasteiger partial charge in [-0.2, -0.15) is 0 Å². The third-order valence-corrected chi connectivity index (χ3v) is 3.05. The summed E-state index contributed by atoms with van der Waals surface area (Å²) in [6.45, 7) is 7.75. The zero-order chi connectivity index (χ0) is 13.3. The third-order valence-electron chi connectivity index (χ3n) is 3.05. The number of ether oxygens (including phenoxy) is 2. The number of likely N-dealkylation sites (tertiary alicyclic amines) is 1. The van der Waals surface area contributed by atoms with E-state index in [1.165, 1.54) is 0 Å². The Labute approximate surface area is 107 Å². The molecule has 0 bridgehead atoms. The van der Waals surface area contributed by atoms with Crippen LogP contribution < -0.4 is 0 Å². The molecule has 2 aliphatic rings. The van der Waals surface area contributed by atoms with Gasteiger partial charge in [0.2, 0.25) is 0 Å². The van der Waals surface area contributed by atoms with Crippen molar-refractivity contribution < 1.29 is 19.1 Å². The largest absolute Gasteiger partial charge is 0.448 e. The maximum atomic E-state index is 11.9. The van der Waals surface area contributed by atoms with Crippen molar-refractivity contribution in [1.82, 2.24) is 9.80 Å². The first-order valence-corrected chi connectivity index (χ1v) is 6.28. The van der Waals surface area contributed by atoms with Crippen LogP contribution in [0, 0.1) is 0 Å². The van der Waals surface area contributed by atoms with Gasteiger partial charge in [0.15, 0.2) is 0 Å². The fourth-order valence-corrected chi connectivity index (χ4v) is 2.23. The molecule has 2 amide bonds. The molecular weight excluding hydrogens is 236 g/mol. The molecule has 0 aromatic carbocycles. The zero-order valence-corrected chi connectivity index (χ0v) is 11.1. The highest BCUT2D eigenvalue weighted by molar-refractivity contribution is 5.71. The van der Waals surface area contributed by atoms with Gasteiger partial charge in [0.1, 0.15) is 12.2 Å². The zero-order valence-electron chi connectivity index (χ0n) is 11.1. The molecule has 1 atom stereocenters. The van der Waals surface area contributed by atoms with E-state index < -0.39 is 5.60 Å². The molecule has 0 saturated carbocycles. The quantitative estimate of drug-likeness (QED) is 0.712. The maximum absolute atomic E-state index is 11.9. The second kappa shape index (κ2) is 4.66. The van der Waals surface area contributed by atoms with Crippen molar-refractivity contribution in [2.24, 2.45) is 0 Å². The van der Waals surface area contributed by atoms with Gasteiger partial charge >= 0.3 is 12.2 Å². The van der Waals surface area contributed by atoms with E-state index in [9.17, 15) is 9.59 Å². The molecule has 0 aliphatic carbocycles. The van der Waals surface area contributed by atoms with Gasteiger partial charge in [-0.3, -0.25) is 4.90 Å². The van der Waals surface area contributed by atoms with Crippen LogP contribution in [0.2, 0.25) is 0 Å². The summed E-state index contributed by atoms with van der Waals surface area (Å²) in [5, 5.41) is 0. The summed E-state index contributed by atoms with van der Waals surface area (Å²) >= 11 is 0. The Morgan fingerprint density at radius 3 is 2.67 bits per heavy atom. The lowest BCUT2D eigenvalue weighted by Gasteiger charge is -2.25. The Bertz CT molecular complexity index is 350. The lowest BCUT2D eigenvalue weighted by Crippen LogP contribution is -2.40. The molecule has 2 heterocycles. The fraction of sp³-hybridized carbons (Fsp3) is 0.833. The standard InChI is InChI=1S/C12H20N2O4/c1-12(2,3)18-10(15)13-5-4-9(8-13)14-6-7-17-11(14)16/h9H,4-8H2,1-3H3/t9-/m0/s1. The predicted octanol–water partition coefficient (Wildman–Crippen LogP) is 1.45. The minimum absolute atomic E-state index is 0.0625. The molecule has 0 N–H and O–H groups in total. The average Bonchev–Trinajstić information content (AvgIpc) is 2.82. The summed E-state index contributed by atoms with van der Waals surface area (Å²) in [6.07, 6.45) is 0.206. The van der Waals surface area contributed by atoms with E-state index in [0.29, 0.717) is 26.2 Å². The van der Waals surface area contributed by atoms with Gasteiger partial charge in [-0.1, -0.05) is 0 Å². The minimum atomic E-state index is -0.484. The number of carbonyl (C=O) groups is 2. The highest BCUT2D eigenvalue weighted by Crippen LogP contribution is 2.21. The van der Waals surface area contributed by atoms with Crippen LogP contribution in [0.25, 0.3) is 0 Å². The number of hydrogen-bond donors (Lipinski definition) is 0. The number of carbonyl (C=O) groups excluding carboxylic acids is 2. The Morgan fingerprint density at radius 2 is 2.11 bits per heavy atom. The summed E-state index contributed by atoms with van der Waals surface area (Å²) in [7, 11) is 0. The lowest BCUT2D eigenvalue weighted by molar-refractivity contribution is 0.0283. The van der Waals surface area contributed by atoms with Crippen molar-refractivity contribution in [2.75, 3.05) is 26.2 Å². The van der Waals surface area contributed by atoms with E-state index in [-0.39, 0.29) is 18.2 Å². The second-order valence-electron chi connectivity index (χ2n) is 5.68. The smallest absolute Gasteiger partial charge is 0.410 e. The highest BCUT2D eigenvalue weighted by atomic mass is 16.6. The minimum Gasteiger partial charge on any atom is -0.448 e. The molecule has 102 valence electrons. The maximum Gasteiger partial charge on any atom is 0.410 e. The molecule has 6 heteroatoms. The average molecular weight is 256 g/mol. The molecular formula is C12H20N2O4. The van der Waals surface area contributed by atoms with E-state index in [2.05, 4.69) is 0 Å². The first-order valence-electron chi connectivity index (χ1n) is 6.28. The Kier molecular flexibility index (Phi) is 3.36. The van der Waals surface area contributed by atoms with Crippen LogP contribution in [0.5, 0.6) is 0 Å². The van der Waals surface area contributed by atoms with Crippen LogP contribution in [-0.2, 0) is 9.47 Å². The summed E-state index contributed by atoms with van der Waals surface area (Å²) < 4.78 is 10.2. The van der Waals surface area contributed by atoms with Crippen LogP contribution >= 0.6 is 0 Å². The van der Waals surface area contributed by atoms with Crippen LogP contribution in [0.4, 0.5) is 9.59 Å². The number of amides is 2. The van der Waals surface area contributed by atoms with Gasteiger partial charge in [-0.25, -0.2) is 9.59 Å². The van der Waals surface area contributed by atoms with Crippen LogP contribution in [0.3, 0.4) is 0 Å². The Morgan fingerprint density at radius 1 is 1.39 bits per heavy atom. The lowest BCUT2D eigenvalue weighted by atomic mass is 10.2. The number of hydrogen-bond acceptors (Lipinski definition) is 4. The van der Waals surface area contributed by atoms with Gasteiger partial charge < -0.3 is 14.4 Å². The molecule has 2 fully saturated rings. The first kappa shape index (κ1) is 13.0. The van der Waals surface area contributed by atoms with Crippen molar-refractivity contribution in [3.63, 3.8) is 0 Å². The molecule has 18 heavy (non-hydrogen) atoms. The number of rotatable bonds is 1. The van der Waals surface area contributed by atoms with Crippen molar-refractivity contribution in [3.05, 3.63) is 0 Å². The molecule has 0 aromatic rings. The van der Waals surface area contributed by atoms with E-state index in [0.717, 1.165) is 6.42 Å². The number of cyclic esters (lactones) is 1. The highest BCUT2D eigenvalue weighted by Gasteiger charge is 2.37. The molecule has 0 spiro atoms. The summed E-state index contributed by atoms with van der Waals surface area (Å²) in [5.74, 6) is 0. The van der Waals surface area contributed by atoms with Gasteiger partial charge in [-0.05, 0) is 27.2 Å². The SMILES string of the molecule is CC(C)(C)OC(=O)N1CC[C@H](N2CCOC2=O)C1. The molecule has 6 nitrogen and oxygen atoms in total. The molecule has 2 aliphatic heterocycles. The third kappa shape index (κ3) is 2.86. The van der Waals surface area contributed by atoms with E-state index >= 15 is 0 Å². The molecule has 2 saturated heterocycles. The van der Waals surface area contributed by atoms with Gasteiger partial charge in [0.25, 0.3) is 0 Å². The van der Waals surface area contributed by atoms with E-state index in [1.807, 2.05) is 20.8 Å². The summed E-state index contributed by atoms with van der Waals surface area (Å²) in [5.41, 5.74) is -0.484. The van der Waals surface area contributed by atoms with E-state index in [4.69, 9.17) is 9.47 Å². The van der Waals surface area contributed by atoms with Crippen molar-refractivity contribution in [1.29, 1.82) is 0 Å². The first-order chi connectivity index (χ1) is 8.37. The summed E-state index contributed by atoms with van der Waals surface area (Å²) in [4.78, 5) is 26.7. The van der Waals surface area contributed by atoms with Gasteiger partial charge in [0, 0.05) is 13.1 Å². The van der Waals surface area contributed by atoms with E-state index in [1.54, 1.807) is 9.80 Å². The fourth-order valence-electron chi connectivity index (χ4n) is 2.23. The predicted molar refractivity (Wildman–Crippen MR) is 64.3 cm³/mol. The Balaban J connectivity index is 1.88. The van der Waals surface area contributed by atoms with Crippen LogP contribution in [0.1, 0.15) is 27.2 Å². The molecule has 2 rings (SSSR count). The van der Waals surface area contributed by atoms with Crippen LogP contribution in [0.15, 0.2) is 0 Å². The number of nitrogens with zero attached hydrogens (tertiary/aromatic N) is 2. The van der Waals surface area contributed by atoms with Crippen molar-refractivity contribution in [3.8, 4) is 0 Å². The molecule has 0 aromatic heterocycles. The molecule has 0 unspecified atom stereocenters. The van der Waals surface area contributed by atoms with Gasteiger partial charge in [0.05, 0.1) is 12.6 Å².